The van der Waals surface area contributed by atoms with Crippen molar-refractivity contribution in [1.82, 2.24) is 0 Å². The zero-order valence-electron chi connectivity index (χ0n) is 11.5. The third-order valence-corrected chi connectivity index (χ3v) is 4.44. The molecule has 4 heteroatoms. The Labute approximate surface area is 115 Å². The summed E-state index contributed by atoms with van der Waals surface area (Å²) < 4.78 is 0. The van der Waals surface area contributed by atoms with Gasteiger partial charge in [-0.1, -0.05) is 6.07 Å². The van der Waals surface area contributed by atoms with Crippen LogP contribution < -0.4 is 10.4 Å². The van der Waals surface area contributed by atoms with Gasteiger partial charge in [0.2, 0.25) is 0 Å². The van der Waals surface area contributed by atoms with E-state index < -0.39 is 7.12 Å². The number of hydrogen-bond donors (Lipinski definition) is 2. The molecular weight excluding hydrogens is 237 g/mol. The molecule has 1 saturated carbocycles. The average molecular weight is 259 g/mol. The Morgan fingerprint density at radius 3 is 2.53 bits per heavy atom. The minimum atomic E-state index is -1.36. The van der Waals surface area contributed by atoms with E-state index in [0.29, 0.717) is 17.4 Å². The van der Waals surface area contributed by atoms with Crippen LogP contribution in [-0.2, 0) is 0 Å². The molecule has 19 heavy (non-hydrogen) atoms. The van der Waals surface area contributed by atoms with E-state index >= 15 is 0 Å². The highest BCUT2D eigenvalue weighted by Crippen LogP contribution is 2.41. The van der Waals surface area contributed by atoms with Gasteiger partial charge in [-0.05, 0) is 68.1 Å². The lowest BCUT2D eigenvalue weighted by atomic mass is 9.78. The van der Waals surface area contributed by atoms with Crippen LogP contribution in [0.1, 0.15) is 50.5 Å². The van der Waals surface area contributed by atoms with Crippen molar-refractivity contribution in [3.8, 4) is 0 Å². The van der Waals surface area contributed by atoms with E-state index in [1.54, 1.807) is 0 Å². The Morgan fingerprint density at radius 1 is 1.11 bits per heavy atom. The van der Waals surface area contributed by atoms with Gasteiger partial charge in [0.25, 0.3) is 0 Å². The summed E-state index contributed by atoms with van der Waals surface area (Å²) in [6, 6.07) is 6.70. The highest BCUT2D eigenvalue weighted by molar-refractivity contribution is 6.58. The second-order valence-electron chi connectivity index (χ2n) is 6.04. The second kappa shape index (κ2) is 5.18. The molecule has 0 bridgehead atoms. The Bertz CT molecular complexity index is 439. The maximum Gasteiger partial charge on any atom is 0.488 e. The molecule has 0 spiro atoms. The van der Waals surface area contributed by atoms with Gasteiger partial charge in [-0.25, -0.2) is 0 Å². The first-order valence-corrected chi connectivity index (χ1v) is 7.43. The molecule has 0 radical (unpaired) electrons. The first-order valence-electron chi connectivity index (χ1n) is 7.43. The zero-order valence-corrected chi connectivity index (χ0v) is 11.5. The summed E-state index contributed by atoms with van der Waals surface area (Å²) in [6.07, 6.45) is 6.23. The van der Waals surface area contributed by atoms with E-state index in [-0.39, 0.29) is 0 Å². The molecule has 3 nitrogen and oxygen atoms in total. The fourth-order valence-corrected chi connectivity index (χ4v) is 3.11. The van der Waals surface area contributed by atoms with Gasteiger partial charge in [0.15, 0.2) is 0 Å². The van der Waals surface area contributed by atoms with Crippen LogP contribution in [0.3, 0.4) is 0 Å². The summed E-state index contributed by atoms with van der Waals surface area (Å²) in [5, 5.41) is 19.0. The smallest absolute Gasteiger partial charge is 0.423 e. The molecule has 1 aliphatic carbocycles. The monoisotopic (exact) mass is 259 g/mol. The summed E-state index contributed by atoms with van der Waals surface area (Å²) in [4.78, 5) is 2.42. The van der Waals surface area contributed by atoms with Gasteiger partial charge in [0.05, 0.1) is 0 Å². The molecule has 1 heterocycles. The Hall–Kier alpha value is -0.995. The van der Waals surface area contributed by atoms with E-state index in [1.807, 2.05) is 12.1 Å². The van der Waals surface area contributed by atoms with E-state index in [9.17, 15) is 10.0 Å². The Balaban J connectivity index is 1.94. The molecular formula is C15H22BNO2. The van der Waals surface area contributed by atoms with Crippen LogP contribution in [0.25, 0.3) is 0 Å². The lowest BCUT2D eigenvalue weighted by molar-refractivity contribution is 0.425. The van der Waals surface area contributed by atoms with Crippen LogP contribution in [0.15, 0.2) is 18.2 Å². The fraction of sp³-hybridized carbons (Fsp3) is 0.600. The molecule has 2 N–H and O–H groups in total. The summed E-state index contributed by atoms with van der Waals surface area (Å²) >= 11 is 0. The van der Waals surface area contributed by atoms with Crippen molar-refractivity contribution in [2.45, 2.75) is 51.0 Å². The molecule has 0 amide bonds. The quantitative estimate of drug-likeness (QED) is 0.811. The van der Waals surface area contributed by atoms with E-state index in [1.165, 1.54) is 43.4 Å². The number of piperidine rings is 1. The molecule has 2 fully saturated rings. The van der Waals surface area contributed by atoms with Crippen LogP contribution in [-0.4, -0.2) is 29.8 Å². The predicted molar refractivity (Wildman–Crippen MR) is 78.9 cm³/mol. The molecule has 2 aliphatic rings. The average Bonchev–Trinajstić information content (AvgIpc) is 3.23. The standard InChI is InChI=1S/C15H22BNO2/c1-11-4-2-3-7-17(11)15-9-13(12-5-6-12)8-14(10-15)16(18)19/h8-12,18-19H,2-7H2,1H3. The molecule has 1 atom stereocenters. The number of rotatable bonds is 3. The van der Waals surface area contributed by atoms with Crippen LogP contribution in [0.5, 0.6) is 0 Å². The summed E-state index contributed by atoms with van der Waals surface area (Å²) in [7, 11) is -1.36. The zero-order chi connectivity index (χ0) is 13.4. The first-order chi connectivity index (χ1) is 9.15. The summed E-state index contributed by atoms with van der Waals surface area (Å²) in [6.45, 7) is 3.34. The second-order valence-corrected chi connectivity index (χ2v) is 6.04. The first kappa shape index (κ1) is 13.0. The Morgan fingerprint density at radius 2 is 1.89 bits per heavy atom. The number of nitrogens with zero attached hydrogens (tertiary/aromatic N) is 1. The van der Waals surface area contributed by atoms with Crippen molar-refractivity contribution in [1.29, 1.82) is 0 Å². The van der Waals surface area contributed by atoms with Gasteiger partial charge in [0.1, 0.15) is 0 Å². The lowest BCUT2D eigenvalue weighted by Crippen LogP contribution is -2.39. The van der Waals surface area contributed by atoms with E-state index in [0.717, 1.165) is 6.54 Å². The molecule has 1 unspecified atom stereocenters. The normalized spacial score (nSPS) is 23.5. The van der Waals surface area contributed by atoms with Gasteiger partial charge in [-0.2, -0.15) is 0 Å². The lowest BCUT2D eigenvalue weighted by Gasteiger charge is -2.36. The fourth-order valence-electron chi connectivity index (χ4n) is 3.11. The van der Waals surface area contributed by atoms with Gasteiger partial charge in [-0.15, -0.1) is 0 Å². The van der Waals surface area contributed by atoms with Gasteiger partial charge >= 0.3 is 7.12 Å². The van der Waals surface area contributed by atoms with E-state index in [2.05, 4.69) is 17.9 Å². The van der Waals surface area contributed by atoms with Gasteiger partial charge in [-0.3, -0.25) is 0 Å². The van der Waals surface area contributed by atoms with Gasteiger partial charge in [0, 0.05) is 18.3 Å². The largest absolute Gasteiger partial charge is 0.488 e. The third-order valence-electron chi connectivity index (χ3n) is 4.44. The van der Waals surface area contributed by atoms with Crippen molar-refractivity contribution in [3.63, 3.8) is 0 Å². The number of benzene rings is 1. The molecule has 1 aliphatic heterocycles. The predicted octanol–water partition coefficient (Wildman–Crippen LogP) is 1.62. The van der Waals surface area contributed by atoms with Gasteiger partial charge < -0.3 is 14.9 Å². The van der Waals surface area contributed by atoms with E-state index in [4.69, 9.17) is 0 Å². The molecule has 1 saturated heterocycles. The molecule has 102 valence electrons. The van der Waals surface area contributed by atoms with Crippen LogP contribution >= 0.6 is 0 Å². The molecule has 3 rings (SSSR count). The summed E-state index contributed by atoms with van der Waals surface area (Å²) in [5.41, 5.74) is 3.08. The van der Waals surface area contributed by atoms with Crippen LogP contribution in [0, 0.1) is 0 Å². The highest BCUT2D eigenvalue weighted by atomic mass is 16.4. The van der Waals surface area contributed by atoms with Crippen molar-refractivity contribution in [3.05, 3.63) is 23.8 Å². The maximum atomic E-state index is 9.48. The minimum Gasteiger partial charge on any atom is -0.423 e. The SMILES string of the molecule is CC1CCCCN1c1cc(B(O)O)cc(C2CC2)c1. The summed E-state index contributed by atoms with van der Waals surface area (Å²) in [5.74, 6) is 0.637. The number of anilines is 1. The third kappa shape index (κ3) is 2.80. The molecule has 0 aromatic heterocycles. The van der Waals surface area contributed by atoms with Crippen LogP contribution in [0.2, 0.25) is 0 Å². The van der Waals surface area contributed by atoms with Crippen molar-refractivity contribution in [2.24, 2.45) is 0 Å². The van der Waals surface area contributed by atoms with Crippen LogP contribution in [0.4, 0.5) is 5.69 Å². The van der Waals surface area contributed by atoms with Crippen molar-refractivity contribution < 1.29 is 10.0 Å². The van der Waals surface area contributed by atoms with Crippen molar-refractivity contribution >= 4 is 18.3 Å². The molecule has 1 aromatic rings. The highest BCUT2D eigenvalue weighted by Gasteiger charge is 2.27. The topological polar surface area (TPSA) is 43.7 Å². The Kier molecular flexibility index (Phi) is 3.55. The number of hydrogen-bond acceptors (Lipinski definition) is 3. The maximum absolute atomic E-state index is 9.48. The van der Waals surface area contributed by atoms with Crippen molar-refractivity contribution in [2.75, 3.05) is 11.4 Å². The molecule has 1 aromatic carbocycles. The minimum absolute atomic E-state index is 0.548.